The van der Waals surface area contributed by atoms with Crippen molar-refractivity contribution < 1.29 is 19.1 Å². The normalized spacial score (nSPS) is 10.6. The highest BCUT2D eigenvalue weighted by Gasteiger charge is 2.13. The van der Waals surface area contributed by atoms with Crippen LogP contribution < -0.4 is 14.8 Å². The van der Waals surface area contributed by atoms with Crippen LogP contribution in [0.2, 0.25) is 0 Å². The van der Waals surface area contributed by atoms with Gasteiger partial charge >= 0.3 is 0 Å². The first-order chi connectivity index (χ1) is 12.8. The molecular weight excluding hydrogens is 412 g/mol. The Morgan fingerprint density at radius 1 is 1.04 bits per heavy atom. The summed E-state index contributed by atoms with van der Waals surface area (Å²) in [5, 5.41) is 2.74. The van der Waals surface area contributed by atoms with Crippen molar-refractivity contribution >= 4 is 39.5 Å². The summed E-state index contributed by atoms with van der Waals surface area (Å²) in [4.78, 5) is 26.0. The van der Waals surface area contributed by atoms with Gasteiger partial charge < -0.3 is 19.7 Å². The number of carbonyl (C=O) groups is 2. The minimum Gasteiger partial charge on any atom is -0.496 e. The molecule has 0 aliphatic heterocycles. The van der Waals surface area contributed by atoms with Gasteiger partial charge in [0.1, 0.15) is 11.5 Å². The van der Waals surface area contributed by atoms with Crippen LogP contribution >= 0.6 is 15.9 Å². The topological polar surface area (TPSA) is 67.9 Å². The van der Waals surface area contributed by atoms with Gasteiger partial charge in [-0.1, -0.05) is 15.9 Å². The maximum atomic E-state index is 12.4. The van der Waals surface area contributed by atoms with Crippen molar-refractivity contribution in [2.45, 2.75) is 0 Å². The van der Waals surface area contributed by atoms with Crippen LogP contribution in [0.5, 0.6) is 11.5 Å². The van der Waals surface area contributed by atoms with E-state index in [9.17, 15) is 9.59 Å². The van der Waals surface area contributed by atoms with Crippen LogP contribution in [0.3, 0.4) is 0 Å². The number of carbonyl (C=O) groups excluding carboxylic acids is 2. The molecule has 0 aliphatic rings. The molecule has 2 aromatic carbocycles. The van der Waals surface area contributed by atoms with E-state index in [0.29, 0.717) is 22.7 Å². The Labute approximate surface area is 166 Å². The zero-order chi connectivity index (χ0) is 20.0. The first-order valence-electron chi connectivity index (χ1n) is 8.08. The van der Waals surface area contributed by atoms with E-state index in [2.05, 4.69) is 21.2 Å². The molecule has 0 radical (unpaired) electrons. The quantitative estimate of drug-likeness (QED) is 0.704. The molecule has 0 bridgehead atoms. The maximum absolute atomic E-state index is 12.4. The number of ether oxygens (including phenoxy) is 2. The van der Waals surface area contributed by atoms with Gasteiger partial charge in [0.15, 0.2) is 0 Å². The van der Waals surface area contributed by atoms with Gasteiger partial charge in [0.2, 0.25) is 5.91 Å². The Kier molecular flexibility index (Phi) is 7.01. The third kappa shape index (κ3) is 5.34. The molecule has 0 saturated carbocycles. The second-order valence-electron chi connectivity index (χ2n) is 5.82. The van der Waals surface area contributed by atoms with Crippen LogP contribution in [-0.2, 0) is 4.79 Å². The summed E-state index contributed by atoms with van der Waals surface area (Å²) < 4.78 is 11.4. The summed E-state index contributed by atoms with van der Waals surface area (Å²) in [7, 11) is 6.40. The molecule has 27 heavy (non-hydrogen) atoms. The van der Waals surface area contributed by atoms with E-state index >= 15 is 0 Å². The maximum Gasteiger partial charge on any atom is 0.253 e. The van der Waals surface area contributed by atoms with Gasteiger partial charge in [-0.15, -0.1) is 0 Å². The number of amides is 2. The lowest BCUT2D eigenvalue weighted by atomic mass is 10.1. The molecule has 2 rings (SSSR count). The predicted molar refractivity (Wildman–Crippen MR) is 109 cm³/mol. The number of hydrogen-bond acceptors (Lipinski definition) is 4. The highest BCUT2D eigenvalue weighted by atomic mass is 79.9. The van der Waals surface area contributed by atoms with Gasteiger partial charge in [0.25, 0.3) is 5.91 Å². The van der Waals surface area contributed by atoms with Crippen molar-refractivity contribution in [2.75, 3.05) is 33.6 Å². The van der Waals surface area contributed by atoms with Crippen LogP contribution in [0.1, 0.15) is 15.9 Å². The summed E-state index contributed by atoms with van der Waals surface area (Å²) >= 11 is 3.40. The fourth-order valence-electron chi connectivity index (χ4n) is 2.37. The van der Waals surface area contributed by atoms with Crippen LogP contribution in [-0.4, -0.2) is 45.0 Å². The Bertz CT molecular complexity index is 878. The molecule has 0 unspecified atom stereocenters. The van der Waals surface area contributed by atoms with Gasteiger partial charge in [-0.05, 0) is 42.5 Å². The van der Waals surface area contributed by atoms with E-state index in [1.807, 2.05) is 12.1 Å². The molecule has 0 heterocycles. The number of nitrogens with one attached hydrogen (secondary N) is 1. The summed E-state index contributed by atoms with van der Waals surface area (Å²) in [5.41, 5.74) is 1.63. The Hall–Kier alpha value is -2.80. The Morgan fingerprint density at radius 2 is 1.70 bits per heavy atom. The summed E-state index contributed by atoms with van der Waals surface area (Å²) in [5.74, 6) is 0.595. The first-order valence-corrected chi connectivity index (χ1v) is 8.87. The van der Waals surface area contributed by atoms with Crippen LogP contribution in [0.15, 0.2) is 46.9 Å². The van der Waals surface area contributed by atoms with Gasteiger partial charge in [-0.3, -0.25) is 9.59 Å². The van der Waals surface area contributed by atoms with Crippen molar-refractivity contribution in [1.82, 2.24) is 4.90 Å². The molecule has 0 spiro atoms. The lowest BCUT2D eigenvalue weighted by Crippen LogP contribution is -2.22. The van der Waals surface area contributed by atoms with E-state index in [0.717, 1.165) is 10.0 Å². The van der Waals surface area contributed by atoms with Crippen molar-refractivity contribution in [3.05, 3.63) is 58.1 Å². The van der Waals surface area contributed by atoms with E-state index in [1.54, 1.807) is 51.5 Å². The minimum absolute atomic E-state index is 0.164. The molecule has 2 amide bonds. The van der Waals surface area contributed by atoms with Gasteiger partial charge in [0.05, 0.1) is 19.9 Å². The molecule has 2 aromatic rings. The largest absolute Gasteiger partial charge is 0.496 e. The van der Waals surface area contributed by atoms with Crippen molar-refractivity contribution in [1.29, 1.82) is 0 Å². The number of halogens is 1. The van der Waals surface area contributed by atoms with Crippen molar-refractivity contribution in [2.24, 2.45) is 0 Å². The first kappa shape index (κ1) is 20.5. The Morgan fingerprint density at radius 3 is 2.33 bits per heavy atom. The van der Waals surface area contributed by atoms with Crippen LogP contribution in [0, 0.1) is 0 Å². The molecule has 0 atom stereocenters. The highest BCUT2D eigenvalue weighted by Crippen LogP contribution is 2.27. The van der Waals surface area contributed by atoms with Gasteiger partial charge in [-0.2, -0.15) is 0 Å². The summed E-state index contributed by atoms with van der Waals surface area (Å²) in [6.45, 7) is 0. The molecule has 7 heteroatoms. The average molecular weight is 433 g/mol. The molecule has 0 aliphatic carbocycles. The SMILES string of the molecule is COc1ccc(Br)cc1C=CC(=O)Nc1cc(C(=O)N(C)C)ccc1OC. The van der Waals surface area contributed by atoms with E-state index in [-0.39, 0.29) is 11.8 Å². The van der Waals surface area contributed by atoms with Crippen LogP contribution in [0.25, 0.3) is 6.08 Å². The zero-order valence-electron chi connectivity index (χ0n) is 15.6. The molecular formula is C20H21BrN2O4. The zero-order valence-corrected chi connectivity index (χ0v) is 17.2. The smallest absolute Gasteiger partial charge is 0.253 e. The fourth-order valence-corrected chi connectivity index (χ4v) is 2.75. The number of rotatable bonds is 6. The lowest BCUT2D eigenvalue weighted by molar-refractivity contribution is -0.111. The summed E-state index contributed by atoms with van der Waals surface area (Å²) in [6, 6.07) is 10.4. The monoisotopic (exact) mass is 432 g/mol. The van der Waals surface area contributed by atoms with Crippen molar-refractivity contribution in [3.8, 4) is 11.5 Å². The third-order valence-corrected chi connectivity index (χ3v) is 4.21. The van der Waals surface area contributed by atoms with Gasteiger partial charge in [-0.25, -0.2) is 0 Å². The number of methoxy groups -OCH3 is 2. The van der Waals surface area contributed by atoms with Gasteiger partial charge in [0, 0.05) is 35.8 Å². The molecule has 0 aromatic heterocycles. The second-order valence-corrected chi connectivity index (χ2v) is 6.74. The van der Waals surface area contributed by atoms with E-state index in [4.69, 9.17) is 9.47 Å². The fraction of sp³-hybridized carbons (Fsp3) is 0.200. The number of hydrogen-bond donors (Lipinski definition) is 1. The predicted octanol–water partition coefficient (Wildman–Crippen LogP) is 3.82. The van der Waals surface area contributed by atoms with E-state index < -0.39 is 0 Å². The third-order valence-electron chi connectivity index (χ3n) is 3.72. The molecule has 1 N–H and O–H groups in total. The molecule has 0 fully saturated rings. The number of anilines is 1. The lowest BCUT2D eigenvalue weighted by Gasteiger charge is -2.14. The minimum atomic E-state index is -0.357. The second kappa shape index (κ2) is 9.23. The van der Waals surface area contributed by atoms with Crippen molar-refractivity contribution in [3.63, 3.8) is 0 Å². The van der Waals surface area contributed by atoms with Crippen LogP contribution in [0.4, 0.5) is 5.69 Å². The standard InChI is InChI=1S/C20H21BrN2O4/c1-23(2)20(25)14-5-8-18(27-4)16(12-14)22-19(24)10-6-13-11-15(21)7-9-17(13)26-3/h5-12H,1-4H3,(H,22,24). The highest BCUT2D eigenvalue weighted by molar-refractivity contribution is 9.10. The Balaban J connectivity index is 2.23. The van der Waals surface area contributed by atoms with E-state index in [1.165, 1.54) is 18.1 Å². The number of benzene rings is 2. The molecule has 6 nitrogen and oxygen atoms in total. The summed E-state index contributed by atoms with van der Waals surface area (Å²) in [6.07, 6.45) is 3.05. The molecule has 0 saturated heterocycles. The molecule has 142 valence electrons. The average Bonchev–Trinajstić information content (AvgIpc) is 2.65. The number of nitrogens with zero attached hydrogens (tertiary/aromatic N) is 1.